The van der Waals surface area contributed by atoms with Crippen LogP contribution >= 0.6 is 11.3 Å². The van der Waals surface area contributed by atoms with Crippen molar-refractivity contribution >= 4 is 17.2 Å². The Morgan fingerprint density at radius 3 is 2.94 bits per heavy atom. The monoisotopic (exact) mass is 238 g/mol. The summed E-state index contributed by atoms with van der Waals surface area (Å²) in [4.78, 5) is 15.0. The van der Waals surface area contributed by atoms with Crippen molar-refractivity contribution in [3.63, 3.8) is 0 Å². The Hall–Kier alpha value is -0.870. The van der Waals surface area contributed by atoms with E-state index in [1.807, 2.05) is 11.0 Å². The zero-order valence-corrected chi connectivity index (χ0v) is 10.4. The zero-order valence-electron chi connectivity index (χ0n) is 9.61. The fraction of sp³-hybridized carbons (Fsp3) is 0.583. The minimum absolute atomic E-state index is 0.237. The average molecular weight is 238 g/mol. The summed E-state index contributed by atoms with van der Waals surface area (Å²) in [6.07, 6.45) is 2.32. The van der Waals surface area contributed by atoms with Gasteiger partial charge in [-0.05, 0) is 31.2 Å². The van der Waals surface area contributed by atoms with E-state index < -0.39 is 0 Å². The van der Waals surface area contributed by atoms with Gasteiger partial charge >= 0.3 is 0 Å². The van der Waals surface area contributed by atoms with Crippen LogP contribution in [0.4, 0.5) is 0 Å². The summed E-state index contributed by atoms with van der Waals surface area (Å²) < 4.78 is 0. The molecule has 1 aliphatic heterocycles. The molecule has 2 heterocycles. The van der Waals surface area contributed by atoms with Gasteiger partial charge in [-0.3, -0.25) is 4.79 Å². The maximum atomic E-state index is 11.8. The molecular formula is C12H18N2OS. The quantitative estimate of drug-likeness (QED) is 0.870. The molecule has 1 N–H and O–H groups in total. The molecule has 0 aromatic carbocycles. The lowest BCUT2D eigenvalue weighted by atomic mass is 10.3. The number of carbonyl (C=O) groups excluding carboxylic acids is 1. The van der Waals surface area contributed by atoms with E-state index in [4.69, 9.17) is 0 Å². The second-order valence-corrected chi connectivity index (χ2v) is 5.19. The van der Waals surface area contributed by atoms with Crippen molar-refractivity contribution in [3.05, 3.63) is 22.4 Å². The summed E-state index contributed by atoms with van der Waals surface area (Å²) in [5.74, 6) is 0.237. The van der Waals surface area contributed by atoms with E-state index in [1.165, 1.54) is 4.88 Å². The Balaban J connectivity index is 1.76. The van der Waals surface area contributed by atoms with Crippen molar-refractivity contribution in [2.45, 2.75) is 25.8 Å². The van der Waals surface area contributed by atoms with Crippen LogP contribution in [0.5, 0.6) is 0 Å². The number of thiophene rings is 1. The molecule has 1 unspecified atom stereocenters. The van der Waals surface area contributed by atoms with E-state index in [0.717, 1.165) is 25.9 Å². The molecule has 1 aliphatic rings. The molecule has 1 amide bonds. The van der Waals surface area contributed by atoms with E-state index in [1.54, 1.807) is 11.3 Å². The van der Waals surface area contributed by atoms with E-state index >= 15 is 0 Å². The van der Waals surface area contributed by atoms with Gasteiger partial charge in [-0.1, -0.05) is 6.07 Å². The normalized spacial score (nSPS) is 17.7. The molecule has 0 bridgehead atoms. The predicted molar refractivity (Wildman–Crippen MR) is 66.6 cm³/mol. The Morgan fingerprint density at radius 2 is 2.31 bits per heavy atom. The highest BCUT2D eigenvalue weighted by atomic mass is 32.1. The number of hydrogen-bond acceptors (Lipinski definition) is 3. The van der Waals surface area contributed by atoms with Gasteiger partial charge in [0, 0.05) is 24.0 Å². The molecule has 1 saturated heterocycles. The summed E-state index contributed by atoms with van der Waals surface area (Å²) in [6, 6.07) is 4.41. The molecule has 3 nitrogen and oxygen atoms in total. The van der Waals surface area contributed by atoms with E-state index in [9.17, 15) is 4.79 Å². The van der Waals surface area contributed by atoms with Crippen molar-refractivity contribution in [2.24, 2.45) is 0 Å². The zero-order chi connectivity index (χ0) is 11.4. The van der Waals surface area contributed by atoms with Crippen LogP contribution < -0.4 is 5.32 Å². The van der Waals surface area contributed by atoms with Crippen molar-refractivity contribution in [1.82, 2.24) is 10.2 Å². The molecule has 0 spiro atoms. The number of nitrogens with one attached hydrogen (secondary N) is 1. The highest BCUT2D eigenvalue weighted by molar-refractivity contribution is 7.10. The van der Waals surface area contributed by atoms with Crippen LogP contribution in [0.3, 0.4) is 0 Å². The first-order valence-electron chi connectivity index (χ1n) is 5.82. The molecular weight excluding hydrogens is 220 g/mol. The lowest BCUT2D eigenvalue weighted by molar-refractivity contribution is -0.129. The lowest BCUT2D eigenvalue weighted by Crippen LogP contribution is -2.36. The third-order valence-electron chi connectivity index (χ3n) is 2.99. The van der Waals surface area contributed by atoms with Gasteiger partial charge in [0.1, 0.15) is 0 Å². The highest BCUT2D eigenvalue weighted by Gasteiger charge is 2.18. The summed E-state index contributed by atoms with van der Waals surface area (Å²) in [7, 11) is 0. The molecule has 88 valence electrons. The van der Waals surface area contributed by atoms with Gasteiger partial charge in [-0.15, -0.1) is 11.3 Å². The molecule has 0 aliphatic carbocycles. The summed E-state index contributed by atoms with van der Waals surface area (Å²) in [5.41, 5.74) is 0. The average Bonchev–Trinajstić information content (AvgIpc) is 2.95. The van der Waals surface area contributed by atoms with Gasteiger partial charge in [0.25, 0.3) is 0 Å². The third kappa shape index (κ3) is 2.83. The van der Waals surface area contributed by atoms with Crippen LogP contribution in [0.15, 0.2) is 17.5 Å². The van der Waals surface area contributed by atoms with Crippen LogP contribution in [0.2, 0.25) is 0 Å². The second kappa shape index (κ2) is 5.46. The first-order valence-corrected chi connectivity index (χ1v) is 6.70. The fourth-order valence-corrected chi connectivity index (χ4v) is 2.72. The van der Waals surface area contributed by atoms with Crippen molar-refractivity contribution in [1.29, 1.82) is 0 Å². The number of hydrogen-bond donors (Lipinski definition) is 1. The first-order chi connectivity index (χ1) is 7.77. The predicted octanol–water partition coefficient (Wildman–Crippen LogP) is 2.02. The lowest BCUT2D eigenvalue weighted by Gasteiger charge is -2.17. The van der Waals surface area contributed by atoms with Crippen molar-refractivity contribution in [2.75, 3.05) is 19.6 Å². The minimum Gasteiger partial charge on any atom is -0.342 e. The van der Waals surface area contributed by atoms with E-state index in [-0.39, 0.29) is 11.9 Å². The minimum atomic E-state index is 0.237. The molecule has 0 saturated carbocycles. The number of rotatable bonds is 4. The number of nitrogens with zero attached hydrogens (tertiary/aromatic N) is 1. The number of carbonyl (C=O) groups is 1. The largest absolute Gasteiger partial charge is 0.342 e. The van der Waals surface area contributed by atoms with E-state index in [0.29, 0.717) is 6.54 Å². The summed E-state index contributed by atoms with van der Waals surface area (Å²) in [5, 5.41) is 5.35. The van der Waals surface area contributed by atoms with Gasteiger partial charge in [-0.25, -0.2) is 0 Å². The smallest absolute Gasteiger partial charge is 0.236 e. The maximum absolute atomic E-state index is 11.8. The molecule has 1 fully saturated rings. The SMILES string of the molecule is CC(NCC(=O)N1CCCC1)c1cccs1. The molecule has 1 atom stereocenters. The molecule has 16 heavy (non-hydrogen) atoms. The van der Waals surface area contributed by atoms with Crippen molar-refractivity contribution in [3.8, 4) is 0 Å². The van der Waals surface area contributed by atoms with Crippen molar-refractivity contribution < 1.29 is 4.79 Å². The topological polar surface area (TPSA) is 32.3 Å². The van der Waals surface area contributed by atoms with Gasteiger partial charge < -0.3 is 10.2 Å². The van der Waals surface area contributed by atoms with Crippen LogP contribution in [-0.2, 0) is 4.79 Å². The highest BCUT2D eigenvalue weighted by Crippen LogP contribution is 2.17. The van der Waals surface area contributed by atoms with Crippen LogP contribution in [0, 0.1) is 0 Å². The molecule has 1 aromatic rings. The number of amides is 1. The molecule has 0 radical (unpaired) electrons. The van der Waals surface area contributed by atoms with Crippen LogP contribution in [0.25, 0.3) is 0 Å². The molecule has 1 aromatic heterocycles. The standard InChI is InChI=1S/C12H18N2OS/c1-10(11-5-4-8-16-11)13-9-12(15)14-6-2-3-7-14/h4-5,8,10,13H,2-3,6-7,9H2,1H3. The van der Waals surface area contributed by atoms with Crippen LogP contribution in [-0.4, -0.2) is 30.4 Å². The Bertz CT molecular complexity index is 331. The Labute approximate surface area is 100 Å². The second-order valence-electron chi connectivity index (χ2n) is 4.21. The third-order valence-corrected chi connectivity index (χ3v) is 4.04. The van der Waals surface area contributed by atoms with Gasteiger partial charge in [0.2, 0.25) is 5.91 Å². The number of likely N-dealkylation sites (tertiary alicyclic amines) is 1. The van der Waals surface area contributed by atoms with Gasteiger partial charge in [0.15, 0.2) is 0 Å². The Kier molecular flexibility index (Phi) is 3.96. The summed E-state index contributed by atoms with van der Waals surface area (Å²) in [6.45, 7) is 4.43. The van der Waals surface area contributed by atoms with Gasteiger partial charge in [0.05, 0.1) is 6.54 Å². The first kappa shape index (κ1) is 11.6. The molecule has 2 rings (SSSR count). The fourth-order valence-electron chi connectivity index (χ4n) is 1.96. The van der Waals surface area contributed by atoms with E-state index in [2.05, 4.69) is 23.7 Å². The maximum Gasteiger partial charge on any atom is 0.236 e. The van der Waals surface area contributed by atoms with Crippen LogP contribution in [0.1, 0.15) is 30.7 Å². The Morgan fingerprint density at radius 1 is 1.56 bits per heavy atom. The molecule has 4 heteroatoms. The van der Waals surface area contributed by atoms with Gasteiger partial charge in [-0.2, -0.15) is 0 Å². The summed E-state index contributed by atoms with van der Waals surface area (Å²) >= 11 is 1.73.